The molecule has 0 saturated carbocycles. The number of para-hydroxylation sites is 4. The summed E-state index contributed by atoms with van der Waals surface area (Å²) in [5, 5.41) is 22.1. The van der Waals surface area contributed by atoms with E-state index < -0.39 is 11.4 Å². The summed E-state index contributed by atoms with van der Waals surface area (Å²) in [4.78, 5) is 23.7. The van der Waals surface area contributed by atoms with Crippen molar-refractivity contribution in [1.29, 1.82) is 0 Å². The minimum Gasteiger partial charge on any atom is -0.490 e. The smallest absolute Gasteiger partial charge is 0.333 e. The highest BCUT2D eigenvalue weighted by atomic mass is 16.6. The highest BCUT2D eigenvalue weighted by molar-refractivity contribution is 6.10. The van der Waals surface area contributed by atoms with Crippen LogP contribution in [-0.4, -0.2) is 67.9 Å². The summed E-state index contributed by atoms with van der Waals surface area (Å²) in [5.74, 6) is 2.19. The van der Waals surface area contributed by atoms with Gasteiger partial charge in [-0.2, -0.15) is 0 Å². The van der Waals surface area contributed by atoms with Gasteiger partial charge >= 0.3 is 11.9 Å². The molecule has 14 heteroatoms. The number of carbonyl (C=O) groups excluding carboxylic acids is 2. The zero-order valence-corrected chi connectivity index (χ0v) is 44.7. The molecule has 0 aliphatic heterocycles. The normalized spacial score (nSPS) is 11.4. The van der Waals surface area contributed by atoms with Gasteiger partial charge in [-0.15, -0.1) is 20.4 Å². The molecule has 0 aliphatic carbocycles. The zero-order valence-electron chi connectivity index (χ0n) is 44.7. The van der Waals surface area contributed by atoms with Crippen LogP contribution in [0.1, 0.15) is 34.1 Å². The van der Waals surface area contributed by atoms with Crippen molar-refractivity contribution < 1.29 is 37.4 Å². The van der Waals surface area contributed by atoms with Gasteiger partial charge in [-0.3, -0.25) is 4.79 Å². The Hall–Kier alpha value is -10.1. The largest absolute Gasteiger partial charge is 0.490 e. The van der Waals surface area contributed by atoms with E-state index in [2.05, 4.69) is 157 Å². The van der Waals surface area contributed by atoms with E-state index in [1.54, 1.807) is 6.92 Å². The molecule has 0 amide bonds. The number of esters is 2. The molecule has 12 rings (SSSR count). The van der Waals surface area contributed by atoms with Gasteiger partial charge in [-0.05, 0) is 124 Å². The fourth-order valence-corrected chi connectivity index (χ4v) is 9.36. The lowest BCUT2D eigenvalue weighted by molar-refractivity contribution is -0.154. The molecular formula is C66H56N6O8. The first-order chi connectivity index (χ1) is 39.0. The molecule has 0 atom stereocenters. The van der Waals surface area contributed by atoms with Crippen LogP contribution < -0.4 is 9.47 Å². The third-order valence-corrected chi connectivity index (χ3v) is 13.8. The molecule has 4 heterocycles. The predicted molar refractivity (Wildman–Crippen MR) is 311 cm³/mol. The maximum Gasteiger partial charge on any atom is 0.333 e. The number of fused-ring (bicyclic) bond motifs is 6. The summed E-state index contributed by atoms with van der Waals surface area (Å²) >= 11 is 0. The average molecular weight is 1060 g/mol. The van der Waals surface area contributed by atoms with Crippen molar-refractivity contribution >= 4 is 55.6 Å². The first-order valence-electron chi connectivity index (χ1n) is 26.3. The summed E-state index contributed by atoms with van der Waals surface area (Å²) in [6.45, 7) is 11.7. The Morgan fingerprint density at radius 2 is 0.812 bits per heavy atom. The standard InChI is InChI=1S/C34H31N3O4.C32H25N3O4/c1-4-34(2,3)33(38)40-20-19-39-26-14-10-12-24(22-26)32-36-35-31(41-32)23-11-9-13-25(21-23)37-29-17-7-5-15-27(29)28-16-6-8-18-30(28)37;1-21(2)32(36)38-18-17-37-25-12-8-10-23(20-25)31-34-33-30(39-31)22-9-7-11-24(19-22)35-28-15-5-3-13-26(28)27-14-4-6-16-29(27)35/h5-18,21-22H,4,19-20H2,1-3H3;3-16,19-20H,1,17-18H2,2H3. The fourth-order valence-electron chi connectivity index (χ4n) is 9.36. The minimum atomic E-state index is -0.501. The monoisotopic (exact) mass is 1060 g/mol. The van der Waals surface area contributed by atoms with Crippen molar-refractivity contribution in [3.8, 4) is 68.7 Å². The summed E-state index contributed by atoms with van der Waals surface area (Å²) in [5.41, 5.74) is 9.52. The lowest BCUT2D eigenvalue weighted by Gasteiger charge is -2.20. The zero-order chi connectivity index (χ0) is 55.2. The Balaban J connectivity index is 0.000000169. The SMILES string of the molecule is C=C(C)C(=O)OCCOc1cccc(-c2nnc(-c3cccc(-n4c5ccccc5c5ccccc54)c3)o2)c1.CCC(C)(C)C(=O)OCCOc1cccc(-c2nnc(-c3cccc(-n4c5ccccc5c5ccccc54)c3)o2)c1. The Morgan fingerprint density at radius 3 is 1.19 bits per heavy atom. The molecule has 0 unspecified atom stereocenters. The van der Waals surface area contributed by atoms with E-state index in [1.807, 2.05) is 93.6 Å². The van der Waals surface area contributed by atoms with E-state index in [9.17, 15) is 9.59 Å². The summed E-state index contributed by atoms with van der Waals surface area (Å²) in [6, 6.07) is 64.6. The summed E-state index contributed by atoms with van der Waals surface area (Å²) < 4.78 is 38.7. The van der Waals surface area contributed by atoms with E-state index in [-0.39, 0.29) is 32.4 Å². The second-order valence-corrected chi connectivity index (χ2v) is 19.7. The van der Waals surface area contributed by atoms with Gasteiger partial charge in [0.15, 0.2) is 0 Å². The molecule has 0 aliphatic rings. The van der Waals surface area contributed by atoms with Gasteiger partial charge in [0, 0.05) is 60.7 Å². The molecule has 14 nitrogen and oxygen atoms in total. The van der Waals surface area contributed by atoms with Crippen molar-refractivity contribution in [2.24, 2.45) is 5.41 Å². The van der Waals surface area contributed by atoms with Crippen molar-refractivity contribution in [2.45, 2.75) is 34.1 Å². The third kappa shape index (κ3) is 10.9. The molecule has 12 aromatic rings. The summed E-state index contributed by atoms with van der Waals surface area (Å²) in [7, 11) is 0. The van der Waals surface area contributed by atoms with Crippen LogP contribution in [0.3, 0.4) is 0 Å². The number of hydrogen-bond acceptors (Lipinski definition) is 12. The molecule has 398 valence electrons. The highest BCUT2D eigenvalue weighted by Crippen LogP contribution is 2.36. The lowest BCUT2D eigenvalue weighted by Crippen LogP contribution is -2.27. The van der Waals surface area contributed by atoms with E-state index in [0.717, 1.165) is 55.7 Å². The van der Waals surface area contributed by atoms with Crippen LogP contribution in [-0.2, 0) is 19.1 Å². The van der Waals surface area contributed by atoms with Gasteiger partial charge in [0.05, 0.1) is 27.5 Å². The fraction of sp³-hybridized carbons (Fsp3) is 0.152. The molecule has 0 saturated heterocycles. The number of rotatable bonds is 17. The van der Waals surface area contributed by atoms with Crippen molar-refractivity contribution in [2.75, 3.05) is 26.4 Å². The Labute approximate surface area is 461 Å². The predicted octanol–water partition coefficient (Wildman–Crippen LogP) is 14.9. The Bertz CT molecular complexity index is 4120. The van der Waals surface area contributed by atoms with Crippen LogP contribution in [0.2, 0.25) is 0 Å². The lowest BCUT2D eigenvalue weighted by atomic mass is 9.91. The average Bonchev–Trinajstić information content (AvgIpc) is 4.45. The molecule has 0 fully saturated rings. The molecular weight excluding hydrogens is 1000 g/mol. The minimum absolute atomic E-state index is 0.128. The van der Waals surface area contributed by atoms with E-state index in [4.69, 9.17) is 27.8 Å². The van der Waals surface area contributed by atoms with Crippen LogP contribution >= 0.6 is 0 Å². The van der Waals surface area contributed by atoms with Crippen LogP contribution in [0, 0.1) is 5.41 Å². The number of benzene rings is 8. The van der Waals surface area contributed by atoms with Gasteiger partial charge in [0.1, 0.15) is 37.9 Å². The van der Waals surface area contributed by atoms with Crippen LogP contribution in [0.25, 0.3) is 101 Å². The number of aromatic nitrogens is 6. The molecule has 0 N–H and O–H groups in total. The van der Waals surface area contributed by atoms with Gasteiger partial charge in [0.25, 0.3) is 0 Å². The maximum atomic E-state index is 12.2. The Morgan fingerprint density at radius 1 is 0.463 bits per heavy atom. The number of nitrogens with zero attached hydrogens (tertiary/aromatic N) is 6. The molecule has 0 bridgehead atoms. The second-order valence-electron chi connectivity index (χ2n) is 19.7. The molecule has 80 heavy (non-hydrogen) atoms. The van der Waals surface area contributed by atoms with Crippen molar-refractivity contribution in [1.82, 2.24) is 29.5 Å². The van der Waals surface area contributed by atoms with Crippen LogP contribution in [0.5, 0.6) is 11.5 Å². The third-order valence-electron chi connectivity index (χ3n) is 13.8. The van der Waals surface area contributed by atoms with Crippen LogP contribution in [0.4, 0.5) is 0 Å². The second kappa shape index (κ2) is 22.9. The Kier molecular flexibility index (Phi) is 14.9. The molecule has 8 aromatic carbocycles. The number of ether oxygens (including phenoxy) is 4. The van der Waals surface area contributed by atoms with Crippen molar-refractivity contribution in [3.05, 3.63) is 206 Å². The number of hydrogen-bond donors (Lipinski definition) is 0. The molecule has 0 spiro atoms. The highest BCUT2D eigenvalue weighted by Gasteiger charge is 2.27. The van der Waals surface area contributed by atoms with E-state index in [1.165, 1.54) is 21.5 Å². The molecule has 4 aromatic heterocycles. The van der Waals surface area contributed by atoms with Crippen molar-refractivity contribution in [3.63, 3.8) is 0 Å². The quantitative estimate of drug-likeness (QED) is 0.0483. The van der Waals surface area contributed by atoms with E-state index in [0.29, 0.717) is 47.1 Å². The van der Waals surface area contributed by atoms with Crippen LogP contribution in [0.15, 0.2) is 215 Å². The first kappa shape index (κ1) is 52.0. The molecule has 0 radical (unpaired) electrons. The first-order valence-corrected chi connectivity index (χ1v) is 26.3. The summed E-state index contributed by atoms with van der Waals surface area (Å²) in [6.07, 6.45) is 0.714. The number of carbonyl (C=O) groups is 2. The van der Waals surface area contributed by atoms with Gasteiger partial charge in [-0.1, -0.05) is 111 Å². The van der Waals surface area contributed by atoms with Gasteiger partial charge in [0.2, 0.25) is 23.6 Å². The van der Waals surface area contributed by atoms with Gasteiger partial charge in [-0.25, -0.2) is 4.79 Å². The topological polar surface area (TPSA) is 159 Å². The van der Waals surface area contributed by atoms with E-state index >= 15 is 0 Å². The maximum absolute atomic E-state index is 12.2. The van der Waals surface area contributed by atoms with Gasteiger partial charge < -0.3 is 36.9 Å².